The van der Waals surface area contributed by atoms with E-state index in [9.17, 15) is 14.0 Å². The minimum absolute atomic E-state index is 0.0196. The van der Waals surface area contributed by atoms with Crippen molar-refractivity contribution in [1.82, 2.24) is 4.90 Å². The summed E-state index contributed by atoms with van der Waals surface area (Å²) < 4.78 is 18.4. The summed E-state index contributed by atoms with van der Waals surface area (Å²) in [6, 6.07) is 10.9. The highest BCUT2D eigenvalue weighted by Gasteiger charge is 2.18. The molecule has 8 heteroatoms. The Labute approximate surface area is 161 Å². The number of benzene rings is 2. The fourth-order valence-corrected chi connectivity index (χ4v) is 2.82. The quantitative estimate of drug-likeness (QED) is 0.822. The van der Waals surface area contributed by atoms with E-state index in [-0.39, 0.29) is 23.4 Å². The molecule has 2 aromatic carbocycles. The lowest BCUT2D eigenvalue weighted by Crippen LogP contribution is -2.40. The molecular formula is C19H19ClFN3O3. The predicted octanol–water partition coefficient (Wildman–Crippen LogP) is 3.00. The Morgan fingerprint density at radius 1 is 1.07 bits per heavy atom. The molecule has 6 nitrogen and oxygen atoms in total. The maximum atomic E-state index is 13.1. The summed E-state index contributed by atoms with van der Waals surface area (Å²) in [7, 11) is 0. The van der Waals surface area contributed by atoms with Crippen LogP contribution >= 0.6 is 11.6 Å². The summed E-state index contributed by atoms with van der Waals surface area (Å²) in [6.07, 6.45) is 0. The van der Waals surface area contributed by atoms with Crippen molar-refractivity contribution in [3.05, 3.63) is 58.9 Å². The number of amides is 2. The van der Waals surface area contributed by atoms with Gasteiger partial charge in [-0.25, -0.2) is 4.39 Å². The fourth-order valence-electron chi connectivity index (χ4n) is 2.64. The molecule has 0 unspecified atom stereocenters. The van der Waals surface area contributed by atoms with Gasteiger partial charge in [-0.3, -0.25) is 9.59 Å². The van der Waals surface area contributed by atoms with Crippen LogP contribution in [0.3, 0.4) is 0 Å². The molecule has 1 heterocycles. The molecule has 0 aliphatic carbocycles. The molecule has 3 rings (SSSR count). The van der Waals surface area contributed by atoms with Gasteiger partial charge in [-0.05, 0) is 42.5 Å². The zero-order chi connectivity index (χ0) is 19.2. The number of nitrogens with zero attached hydrogens (tertiary/aromatic N) is 1. The van der Waals surface area contributed by atoms with Gasteiger partial charge in [0, 0.05) is 30.0 Å². The van der Waals surface area contributed by atoms with Crippen molar-refractivity contribution in [3.63, 3.8) is 0 Å². The van der Waals surface area contributed by atoms with E-state index >= 15 is 0 Å². The Bertz CT molecular complexity index is 823. The van der Waals surface area contributed by atoms with Crippen LogP contribution in [0.2, 0.25) is 5.02 Å². The van der Waals surface area contributed by atoms with E-state index in [1.807, 2.05) is 0 Å². The van der Waals surface area contributed by atoms with Gasteiger partial charge in [-0.2, -0.15) is 0 Å². The number of morpholine rings is 1. The first-order valence-electron chi connectivity index (χ1n) is 8.49. The fraction of sp³-hybridized carbons (Fsp3) is 0.263. The van der Waals surface area contributed by atoms with E-state index in [2.05, 4.69) is 10.6 Å². The van der Waals surface area contributed by atoms with Crippen LogP contribution in [0.4, 0.5) is 15.8 Å². The monoisotopic (exact) mass is 391 g/mol. The van der Waals surface area contributed by atoms with E-state index < -0.39 is 5.82 Å². The second kappa shape index (κ2) is 8.83. The molecule has 1 saturated heterocycles. The summed E-state index contributed by atoms with van der Waals surface area (Å²) in [5, 5.41) is 5.55. The number of ether oxygens (including phenoxy) is 1. The summed E-state index contributed by atoms with van der Waals surface area (Å²) in [6.45, 7) is 2.31. The van der Waals surface area contributed by atoms with E-state index in [4.69, 9.17) is 16.3 Å². The molecule has 2 aromatic rings. The first-order valence-corrected chi connectivity index (χ1v) is 8.86. The van der Waals surface area contributed by atoms with Crippen molar-refractivity contribution < 1.29 is 18.7 Å². The molecular weight excluding hydrogens is 373 g/mol. The number of hydrogen-bond donors (Lipinski definition) is 2. The Balaban J connectivity index is 1.51. The Hall–Kier alpha value is -2.64. The first-order chi connectivity index (χ1) is 13.0. The van der Waals surface area contributed by atoms with Gasteiger partial charge in [0.2, 0.25) is 5.91 Å². The molecule has 1 aliphatic heterocycles. The number of anilines is 2. The average molecular weight is 392 g/mol. The zero-order valence-electron chi connectivity index (χ0n) is 14.5. The van der Waals surface area contributed by atoms with Gasteiger partial charge in [0.25, 0.3) is 5.91 Å². The molecule has 0 saturated carbocycles. The molecule has 0 radical (unpaired) electrons. The van der Waals surface area contributed by atoms with Gasteiger partial charge < -0.3 is 20.3 Å². The van der Waals surface area contributed by atoms with Gasteiger partial charge >= 0.3 is 0 Å². The molecule has 0 spiro atoms. The lowest BCUT2D eigenvalue weighted by atomic mass is 10.1. The number of carbonyl (C=O) groups excluding carboxylic acids is 2. The van der Waals surface area contributed by atoms with E-state index in [0.717, 1.165) is 0 Å². The third-order valence-corrected chi connectivity index (χ3v) is 4.38. The van der Waals surface area contributed by atoms with Gasteiger partial charge in [0.1, 0.15) is 5.82 Å². The maximum absolute atomic E-state index is 13.1. The van der Waals surface area contributed by atoms with E-state index in [0.29, 0.717) is 43.2 Å². The van der Waals surface area contributed by atoms with Crippen molar-refractivity contribution >= 4 is 34.8 Å². The van der Waals surface area contributed by atoms with Crippen molar-refractivity contribution in [2.45, 2.75) is 0 Å². The molecule has 2 N–H and O–H groups in total. The third-order valence-electron chi connectivity index (χ3n) is 4.09. The van der Waals surface area contributed by atoms with Crippen molar-refractivity contribution in [3.8, 4) is 0 Å². The largest absolute Gasteiger partial charge is 0.378 e. The number of halogens is 2. The Morgan fingerprint density at radius 2 is 1.74 bits per heavy atom. The van der Waals surface area contributed by atoms with Crippen LogP contribution in [0.5, 0.6) is 0 Å². The summed E-state index contributed by atoms with van der Waals surface area (Å²) in [4.78, 5) is 26.1. The smallest absolute Gasteiger partial charge is 0.254 e. The van der Waals surface area contributed by atoms with Crippen LogP contribution in [0.1, 0.15) is 10.4 Å². The minimum atomic E-state index is -0.542. The second-order valence-electron chi connectivity index (χ2n) is 6.01. The lowest BCUT2D eigenvalue weighted by molar-refractivity contribution is -0.114. The van der Waals surface area contributed by atoms with Crippen LogP contribution in [0.25, 0.3) is 0 Å². The number of carbonyl (C=O) groups is 2. The number of nitrogens with one attached hydrogen (secondary N) is 2. The molecule has 142 valence electrons. The average Bonchev–Trinajstić information content (AvgIpc) is 2.70. The summed E-state index contributed by atoms with van der Waals surface area (Å²) in [5.74, 6) is -0.874. The highest BCUT2D eigenvalue weighted by molar-refractivity contribution is 6.31. The zero-order valence-corrected chi connectivity index (χ0v) is 15.3. The molecule has 0 aromatic heterocycles. The topological polar surface area (TPSA) is 70.7 Å². The maximum Gasteiger partial charge on any atom is 0.254 e. The molecule has 1 fully saturated rings. The molecule has 27 heavy (non-hydrogen) atoms. The van der Waals surface area contributed by atoms with Crippen molar-refractivity contribution in [2.75, 3.05) is 43.5 Å². The number of hydrogen-bond acceptors (Lipinski definition) is 4. The van der Waals surface area contributed by atoms with Crippen molar-refractivity contribution in [1.29, 1.82) is 0 Å². The minimum Gasteiger partial charge on any atom is -0.378 e. The summed E-state index contributed by atoms with van der Waals surface area (Å²) in [5.41, 5.74) is 1.72. The first kappa shape index (κ1) is 19.1. The third kappa shape index (κ3) is 5.18. The lowest BCUT2D eigenvalue weighted by Gasteiger charge is -2.26. The van der Waals surface area contributed by atoms with Crippen LogP contribution in [-0.2, 0) is 9.53 Å². The van der Waals surface area contributed by atoms with Gasteiger partial charge in [-0.1, -0.05) is 11.6 Å². The van der Waals surface area contributed by atoms with Gasteiger partial charge in [0.15, 0.2) is 0 Å². The number of rotatable bonds is 5. The van der Waals surface area contributed by atoms with Crippen molar-refractivity contribution in [2.24, 2.45) is 0 Å². The van der Waals surface area contributed by atoms with Crippen LogP contribution in [-0.4, -0.2) is 49.6 Å². The normalized spacial score (nSPS) is 13.9. The summed E-state index contributed by atoms with van der Waals surface area (Å²) >= 11 is 5.69. The highest BCUT2D eigenvalue weighted by Crippen LogP contribution is 2.19. The van der Waals surface area contributed by atoms with Crippen LogP contribution in [0.15, 0.2) is 42.5 Å². The van der Waals surface area contributed by atoms with Crippen LogP contribution in [0, 0.1) is 5.82 Å². The van der Waals surface area contributed by atoms with E-state index in [1.54, 1.807) is 29.2 Å². The standard InChI is InChI=1S/C19H19ClFN3O3/c20-16-11-15(5-6-17(16)21)23-18(25)12-22-14-3-1-13(2-4-14)19(26)24-7-9-27-10-8-24/h1-6,11,22H,7-10,12H2,(H,23,25). The predicted molar refractivity (Wildman–Crippen MR) is 102 cm³/mol. The SMILES string of the molecule is O=C(CNc1ccc(C(=O)N2CCOCC2)cc1)Nc1ccc(F)c(Cl)c1. The molecule has 2 amide bonds. The van der Waals surface area contributed by atoms with Gasteiger partial charge in [0.05, 0.1) is 24.8 Å². The van der Waals surface area contributed by atoms with Crippen LogP contribution < -0.4 is 10.6 Å². The second-order valence-corrected chi connectivity index (χ2v) is 6.42. The molecule has 0 bridgehead atoms. The molecule has 0 atom stereocenters. The Kier molecular flexibility index (Phi) is 6.26. The molecule has 1 aliphatic rings. The van der Waals surface area contributed by atoms with Gasteiger partial charge in [-0.15, -0.1) is 0 Å². The highest BCUT2D eigenvalue weighted by atomic mass is 35.5. The Morgan fingerprint density at radius 3 is 2.41 bits per heavy atom. The van der Waals surface area contributed by atoms with E-state index in [1.165, 1.54) is 18.2 Å².